The SMILES string of the molecule is Cc1c(I)cc(CN=[N+]=[N-])c(C)c1N. The van der Waals surface area contributed by atoms with Crippen LogP contribution in [0.3, 0.4) is 0 Å². The van der Waals surface area contributed by atoms with Crippen LogP contribution < -0.4 is 5.73 Å². The maximum absolute atomic E-state index is 8.24. The molecule has 0 aromatic heterocycles. The number of nitrogen functional groups attached to an aromatic ring is 1. The molecule has 74 valence electrons. The molecular weight excluding hydrogens is 291 g/mol. The van der Waals surface area contributed by atoms with E-state index in [4.69, 9.17) is 11.3 Å². The molecule has 0 heterocycles. The van der Waals surface area contributed by atoms with Gasteiger partial charge in [-0.2, -0.15) is 0 Å². The van der Waals surface area contributed by atoms with Gasteiger partial charge in [0.1, 0.15) is 0 Å². The van der Waals surface area contributed by atoms with Crippen molar-refractivity contribution in [3.8, 4) is 0 Å². The molecule has 4 nitrogen and oxygen atoms in total. The summed E-state index contributed by atoms with van der Waals surface area (Å²) in [7, 11) is 0. The fourth-order valence-electron chi connectivity index (χ4n) is 1.22. The Morgan fingerprint density at radius 1 is 1.50 bits per heavy atom. The van der Waals surface area contributed by atoms with Gasteiger partial charge in [-0.1, -0.05) is 5.11 Å². The van der Waals surface area contributed by atoms with Gasteiger partial charge in [0.15, 0.2) is 0 Å². The minimum atomic E-state index is 0.364. The zero-order valence-electron chi connectivity index (χ0n) is 8.08. The van der Waals surface area contributed by atoms with E-state index in [1.165, 1.54) is 0 Å². The maximum Gasteiger partial charge on any atom is 0.0514 e. The summed E-state index contributed by atoms with van der Waals surface area (Å²) in [5.74, 6) is 0. The first-order chi connectivity index (χ1) is 6.57. The van der Waals surface area contributed by atoms with Crippen molar-refractivity contribution < 1.29 is 0 Å². The van der Waals surface area contributed by atoms with Gasteiger partial charge in [0.05, 0.1) is 6.54 Å². The highest BCUT2D eigenvalue weighted by Crippen LogP contribution is 2.26. The lowest BCUT2D eigenvalue weighted by atomic mass is 10.0. The van der Waals surface area contributed by atoms with Crippen LogP contribution in [0.2, 0.25) is 0 Å². The number of halogens is 1. The number of rotatable bonds is 2. The molecule has 2 N–H and O–H groups in total. The summed E-state index contributed by atoms with van der Waals surface area (Å²) in [6.07, 6.45) is 0. The average Bonchev–Trinajstić information content (AvgIpc) is 2.18. The van der Waals surface area contributed by atoms with Crippen molar-refractivity contribution in [2.24, 2.45) is 5.11 Å². The molecule has 1 rings (SSSR count). The number of hydrogen-bond donors (Lipinski definition) is 1. The number of nitrogens with zero attached hydrogens (tertiary/aromatic N) is 3. The zero-order chi connectivity index (χ0) is 10.7. The first-order valence-corrected chi connectivity index (χ1v) is 5.20. The van der Waals surface area contributed by atoms with E-state index in [2.05, 4.69) is 32.6 Å². The molecule has 0 atom stereocenters. The molecule has 1 aromatic carbocycles. The van der Waals surface area contributed by atoms with Crippen molar-refractivity contribution in [1.82, 2.24) is 0 Å². The number of hydrogen-bond acceptors (Lipinski definition) is 2. The van der Waals surface area contributed by atoms with Gasteiger partial charge in [-0.05, 0) is 64.7 Å². The van der Waals surface area contributed by atoms with E-state index >= 15 is 0 Å². The summed E-state index contributed by atoms with van der Waals surface area (Å²) in [6.45, 7) is 4.30. The molecule has 0 spiro atoms. The Bertz CT molecular complexity index is 408. The highest BCUT2D eigenvalue weighted by molar-refractivity contribution is 14.1. The standard InChI is InChI=1S/C9H11IN4/c1-5-7(4-13-14-12)3-8(10)6(2)9(5)11/h3H,4,11H2,1-2H3. The van der Waals surface area contributed by atoms with Crippen LogP contribution in [-0.2, 0) is 6.54 Å². The highest BCUT2D eigenvalue weighted by Gasteiger charge is 2.07. The summed E-state index contributed by atoms with van der Waals surface area (Å²) in [5.41, 5.74) is 18.0. The molecule has 0 fully saturated rings. The van der Waals surface area contributed by atoms with Crippen molar-refractivity contribution in [3.05, 3.63) is 36.8 Å². The van der Waals surface area contributed by atoms with Crippen molar-refractivity contribution >= 4 is 28.3 Å². The smallest absolute Gasteiger partial charge is 0.0514 e. The summed E-state index contributed by atoms with van der Waals surface area (Å²) >= 11 is 2.23. The fraction of sp³-hybridized carbons (Fsp3) is 0.333. The molecular formula is C9H11IN4. The Hall–Kier alpha value is -0.940. The minimum absolute atomic E-state index is 0.364. The summed E-state index contributed by atoms with van der Waals surface area (Å²) < 4.78 is 1.11. The van der Waals surface area contributed by atoms with E-state index in [-0.39, 0.29) is 0 Å². The van der Waals surface area contributed by atoms with Crippen LogP contribution in [-0.4, -0.2) is 0 Å². The van der Waals surface area contributed by atoms with Crippen LogP contribution >= 0.6 is 22.6 Å². The summed E-state index contributed by atoms with van der Waals surface area (Å²) in [5, 5.41) is 3.54. The third-order valence-electron chi connectivity index (χ3n) is 2.25. The second-order valence-corrected chi connectivity index (χ2v) is 4.23. The normalized spacial score (nSPS) is 9.64. The van der Waals surface area contributed by atoms with Crippen LogP contribution in [0, 0.1) is 17.4 Å². The van der Waals surface area contributed by atoms with E-state index in [1.54, 1.807) is 0 Å². The van der Waals surface area contributed by atoms with Gasteiger partial charge in [0.2, 0.25) is 0 Å². The van der Waals surface area contributed by atoms with Crippen LogP contribution in [0.4, 0.5) is 5.69 Å². The molecule has 0 radical (unpaired) electrons. The topological polar surface area (TPSA) is 74.8 Å². The lowest BCUT2D eigenvalue weighted by Crippen LogP contribution is -2.00. The lowest BCUT2D eigenvalue weighted by Gasteiger charge is -2.11. The lowest BCUT2D eigenvalue weighted by molar-refractivity contribution is 1.02. The van der Waals surface area contributed by atoms with E-state index in [0.29, 0.717) is 6.54 Å². The average molecular weight is 302 g/mol. The molecule has 0 aliphatic rings. The Balaban J connectivity index is 3.25. The molecule has 0 saturated carbocycles. The number of benzene rings is 1. The van der Waals surface area contributed by atoms with Gasteiger partial charge in [-0.15, -0.1) is 0 Å². The first kappa shape index (κ1) is 11.1. The predicted octanol–water partition coefficient (Wildman–Crippen LogP) is 3.30. The number of azide groups is 1. The van der Waals surface area contributed by atoms with Crippen molar-refractivity contribution in [3.63, 3.8) is 0 Å². The zero-order valence-corrected chi connectivity index (χ0v) is 10.2. The number of anilines is 1. The van der Waals surface area contributed by atoms with Gasteiger partial charge in [0, 0.05) is 14.2 Å². The van der Waals surface area contributed by atoms with Gasteiger partial charge in [-0.25, -0.2) is 0 Å². The van der Waals surface area contributed by atoms with Gasteiger partial charge in [0.25, 0.3) is 0 Å². The van der Waals surface area contributed by atoms with Crippen LogP contribution in [0.1, 0.15) is 16.7 Å². The van der Waals surface area contributed by atoms with Crippen LogP contribution in [0.15, 0.2) is 11.2 Å². The molecule has 0 unspecified atom stereocenters. The molecule has 0 bridgehead atoms. The van der Waals surface area contributed by atoms with Crippen molar-refractivity contribution in [2.45, 2.75) is 20.4 Å². The Morgan fingerprint density at radius 2 is 2.14 bits per heavy atom. The second-order valence-electron chi connectivity index (χ2n) is 3.07. The highest BCUT2D eigenvalue weighted by atomic mass is 127. The Kier molecular flexibility index (Phi) is 3.60. The summed E-state index contributed by atoms with van der Waals surface area (Å²) in [4.78, 5) is 2.74. The monoisotopic (exact) mass is 302 g/mol. The number of nitrogens with two attached hydrogens (primary N) is 1. The molecule has 0 saturated heterocycles. The van der Waals surface area contributed by atoms with Crippen molar-refractivity contribution in [1.29, 1.82) is 0 Å². The second kappa shape index (κ2) is 4.52. The molecule has 5 heteroatoms. The van der Waals surface area contributed by atoms with Crippen LogP contribution in [0.5, 0.6) is 0 Å². The maximum atomic E-state index is 8.24. The Morgan fingerprint density at radius 3 is 2.71 bits per heavy atom. The van der Waals surface area contributed by atoms with E-state index in [1.807, 2.05) is 19.9 Å². The Labute approximate surface area is 96.3 Å². The van der Waals surface area contributed by atoms with E-state index in [9.17, 15) is 0 Å². The predicted molar refractivity (Wildman–Crippen MR) is 65.9 cm³/mol. The van der Waals surface area contributed by atoms with Gasteiger partial charge in [-0.3, -0.25) is 0 Å². The third kappa shape index (κ3) is 2.10. The third-order valence-corrected chi connectivity index (χ3v) is 3.37. The molecule has 0 aliphatic heterocycles. The van der Waals surface area contributed by atoms with E-state index < -0.39 is 0 Å². The molecule has 1 aromatic rings. The van der Waals surface area contributed by atoms with E-state index in [0.717, 1.165) is 25.9 Å². The molecule has 14 heavy (non-hydrogen) atoms. The quantitative estimate of drug-likeness (QED) is 0.294. The molecule has 0 aliphatic carbocycles. The largest absolute Gasteiger partial charge is 0.398 e. The molecule has 0 amide bonds. The van der Waals surface area contributed by atoms with Gasteiger partial charge >= 0.3 is 0 Å². The van der Waals surface area contributed by atoms with Crippen LogP contribution in [0.25, 0.3) is 10.4 Å². The van der Waals surface area contributed by atoms with Gasteiger partial charge < -0.3 is 5.73 Å². The summed E-state index contributed by atoms with van der Waals surface area (Å²) in [6, 6.07) is 2.01. The minimum Gasteiger partial charge on any atom is -0.398 e. The first-order valence-electron chi connectivity index (χ1n) is 4.12. The fourth-order valence-corrected chi connectivity index (χ4v) is 1.89. The van der Waals surface area contributed by atoms with Crippen molar-refractivity contribution in [2.75, 3.05) is 5.73 Å².